The first-order valence-corrected chi connectivity index (χ1v) is 14.3. The molecule has 1 unspecified atom stereocenters. The predicted molar refractivity (Wildman–Crippen MR) is 157 cm³/mol. The largest absolute Gasteiger partial charge is 0.381 e. The average Bonchev–Trinajstić information content (AvgIpc) is 3.29. The number of nitrogens with one attached hydrogen (secondary N) is 1. The van der Waals surface area contributed by atoms with E-state index in [1.807, 2.05) is 11.9 Å². The zero-order chi connectivity index (χ0) is 29.1. The molecular formula is C28H35ClFN9O2. The maximum Gasteiger partial charge on any atom is 0.263 e. The van der Waals surface area contributed by atoms with Crippen LogP contribution in [0.2, 0.25) is 5.02 Å². The molecule has 1 saturated heterocycles. The van der Waals surface area contributed by atoms with Crippen LogP contribution < -0.4 is 16.0 Å². The van der Waals surface area contributed by atoms with Gasteiger partial charge in [0.15, 0.2) is 5.82 Å². The van der Waals surface area contributed by atoms with E-state index in [1.165, 1.54) is 17.1 Å². The SMILES string of the molecule is CCCCCN1CC(F)Cn2nc(N)c(C(=O)Nc3cnccc3-c3ncc(C(=O)N4CCN(C)CC4)cc3Cl)c21. The number of likely N-dealkylation sites (N-methyl/N-ethyl adjacent to an activating group) is 1. The number of unbranched alkanes of at least 4 members (excludes halogenated alkanes) is 2. The first-order chi connectivity index (χ1) is 19.8. The Labute approximate surface area is 243 Å². The van der Waals surface area contributed by atoms with E-state index in [-0.39, 0.29) is 35.4 Å². The molecule has 5 heterocycles. The van der Waals surface area contributed by atoms with Gasteiger partial charge in [-0.25, -0.2) is 9.07 Å². The Kier molecular flexibility index (Phi) is 8.69. The number of rotatable bonds is 8. The van der Waals surface area contributed by atoms with Gasteiger partial charge in [-0.05, 0) is 25.6 Å². The minimum atomic E-state index is -1.11. The van der Waals surface area contributed by atoms with Crippen LogP contribution in [0.1, 0.15) is 46.9 Å². The van der Waals surface area contributed by atoms with Gasteiger partial charge < -0.3 is 25.8 Å². The van der Waals surface area contributed by atoms with E-state index >= 15 is 0 Å². The predicted octanol–water partition coefficient (Wildman–Crippen LogP) is 3.56. The lowest BCUT2D eigenvalue weighted by Crippen LogP contribution is -2.47. The Hall–Kier alpha value is -3.77. The zero-order valence-electron chi connectivity index (χ0n) is 23.3. The third-order valence-electron chi connectivity index (χ3n) is 7.50. The molecule has 1 fully saturated rings. The molecule has 1 atom stereocenters. The van der Waals surface area contributed by atoms with Crippen LogP contribution >= 0.6 is 11.6 Å². The van der Waals surface area contributed by atoms with Crippen molar-refractivity contribution in [2.45, 2.75) is 38.9 Å². The number of nitrogens with two attached hydrogens (primary N) is 1. The number of halogens is 2. The second-order valence-corrected chi connectivity index (χ2v) is 10.9. The highest BCUT2D eigenvalue weighted by Crippen LogP contribution is 2.35. The van der Waals surface area contributed by atoms with Gasteiger partial charge in [0.05, 0.1) is 41.3 Å². The van der Waals surface area contributed by atoms with Crippen molar-refractivity contribution < 1.29 is 14.0 Å². The number of hydrogen-bond acceptors (Lipinski definition) is 8. The molecule has 0 saturated carbocycles. The molecule has 0 radical (unpaired) electrons. The van der Waals surface area contributed by atoms with Crippen molar-refractivity contribution in [3.8, 4) is 11.3 Å². The minimum Gasteiger partial charge on any atom is -0.381 e. The number of alkyl halides is 1. The van der Waals surface area contributed by atoms with E-state index in [0.717, 1.165) is 32.4 Å². The number of hydrogen-bond donors (Lipinski definition) is 2. The highest BCUT2D eigenvalue weighted by Gasteiger charge is 2.33. The molecular weight excluding hydrogens is 549 g/mol. The fraction of sp³-hybridized carbons (Fsp3) is 0.464. The van der Waals surface area contributed by atoms with Crippen molar-refractivity contribution in [1.82, 2.24) is 29.5 Å². The van der Waals surface area contributed by atoms with Gasteiger partial charge in [-0.3, -0.25) is 19.6 Å². The van der Waals surface area contributed by atoms with E-state index in [0.29, 0.717) is 48.0 Å². The van der Waals surface area contributed by atoms with Gasteiger partial charge in [0.25, 0.3) is 11.8 Å². The van der Waals surface area contributed by atoms with Crippen molar-refractivity contribution in [2.24, 2.45) is 0 Å². The fourth-order valence-electron chi connectivity index (χ4n) is 5.29. The van der Waals surface area contributed by atoms with Crippen LogP contribution in [0.25, 0.3) is 11.3 Å². The number of amides is 2. The Bertz CT molecular complexity index is 1420. The molecule has 41 heavy (non-hydrogen) atoms. The summed E-state index contributed by atoms with van der Waals surface area (Å²) in [6.45, 7) is 5.79. The third kappa shape index (κ3) is 6.13. The molecule has 0 aliphatic carbocycles. The average molecular weight is 584 g/mol. The minimum absolute atomic E-state index is 0.0282. The molecule has 0 aromatic carbocycles. The first kappa shape index (κ1) is 28.7. The van der Waals surface area contributed by atoms with Crippen molar-refractivity contribution in [3.05, 3.63) is 46.9 Å². The Morgan fingerprint density at radius 1 is 1.17 bits per heavy atom. The van der Waals surface area contributed by atoms with Gasteiger partial charge in [-0.15, -0.1) is 0 Å². The molecule has 2 aliphatic heterocycles. The van der Waals surface area contributed by atoms with Crippen LogP contribution in [-0.4, -0.2) is 93.9 Å². The molecule has 0 bridgehead atoms. The summed E-state index contributed by atoms with van der Waals surface area (Å²) in [5.41, 5.74) is 8.07. The van der Waals surface area contributed by atoms with Crippen molar-refractivity contribution in [1.29, 1.82) is 0 Å². The second-order valence-electron chi connectivity index (χ2n) is 10.5. The maximum atomic E-state index is 14.5. The van der Waals surface area contributed by atoms with Crippen LogP contribution in [0.4, 0.5) is 21.7 Å². The topological polar surface area (TPSA) is 126 Å². The molecule has 3 aromatic rings. The van der Waals surface area contributed by atoms with E-state index in [9.17, 15) is 14.0 Å². The normalized spacial score (nSPS) is 17.4. The number of carbonyl (C=O) groups excluding carboxylic acids is 2. The van der Waals surface area contributed by atoms with Gasteiger partial charge >= 0.3 is 0 Å². The highest BCUT2D eigenvalue weighted by molar-refractivity contribution is 6.33. The monoisotopic (exact) mass is 583 g/mol. The summed E-state index contributed by atoms with van der Waals surface area (Å²) in [5, 5.41) is 7.43. The molecule has 3 N–H and O–H groups in total. The van der Waals surface area contributed by atoms with E-state index in [1.54, 1.807) is 23.2 Å². The van der Waals surface area contributed by atoms with Gasteiger partial charge in [0, 0.05) is 50.7 Å². The summed E-state index contributed by atoms with van der Waals surface area (Å²) in [5.74, 6) is -0.0737. The van der Waals surface area contributed by atoms with Crippen molar-refractivity contribution >= 4 is 40.7 Å². The van der Waals surface area contributed by atoms with Crippen LogP contribution in [-0.2, 0) is 6.54 Å². The molecule has 0 spiro atoms. The number of piperazine rings is 1. The van der Waals surface area contributed by atoms with E-state index in [4.69, 9.17) is 17.3 Å². The molecule has 3 aromatic heterocycles. The van der Waals surface area contributed by atoms with Crippen LogP contribution in [0, 0.1) is 0 Å². The van der Waals surface area contributed by atoms with Crippen LogP contribution in [0.3, 0.4) is 0 Å². The zero-order valence-corrected chi connectivity index (χ0v) is 24.1. The fourth-order valence-corrected chi connectivity index (χ4v) is 5.56. The number of fused-ring (bicyclic) bond motifs is 1. The number of nitrogen functional groups attached to an aromatic ring is 1. The molecule has 218 valence electrons. The summed E-state index contributed by atoms with van der Waals surface area (Å²) in [7, 11) is 2.03. The number of nitrogens with zero attached hydrogens (tertiary/aromatic N) is 7. The molecule has 2 aliphatic rings. The highest BCUT2D eigenvalue weighted by atomic mass is 35.5. The smallest absolute Gasteiger partial charge is 0.263 e. The number of pyridine rings is 2. The lowest BCUT2D eigenvalue weighted by molar-refractivity contribution is 0.0663. The molecule has 2 amide bonds. The Morgan fingerprint density at radius 3 is 2.68 bits per heavy atom. The Balaban J connectivity index is 1.40. The van der Waals surface area contributed by atoms with E-state index < -0.39 is 12.1 Å². The lowest BCUT2D eigenvalue weighted by Gasteiger charge is -2.32. The van der Waals surface area contributed by atoms with Gasteiger partial charge in [-0.2, -0.15) is 5.10 Å². The molecule has 11 nitrogen and oxygen atoms in total. The van der Waals surface area contributed by atoms with Crippen molar-refractivity contribution in [2.75, 3.05) is 62.3 Å². The lowest BCUT2D eigenvalue weighted by atomic mass is 10.1. The third-order valence-corrected chi connectivity index (χ3v) is 7.79. The summed E-state index contributed by atoms with van der Waals surface area (Å²) < 4.78 is 16.0. The Morgan fingerprint density at radius 2 is 1.95 bits per heavy atom. The van der Waals surface area contributed by atoms with E-state index in [2.05, 4.69) is 32.2 Å². The van der Waals surface area contributed by atoms with Crippen LogP contribution in [0.5, 0.6) is 0 Å². The van der Waals surface area contributed by atoms with Crippen LogP contribution in [0.15, 0.2) is 30.7 Å². The first-order valence-electron chi connectivity index (χ1n) is 13.9. The standard InChI is InChI=1S/C28H35ClFN9O2/c1-3-4-5-8-38-16-19(30)17-39-27(38)23(25(31)35-39)26(40)34-22-15-32-7-6-20(22)24-21(29)13-18(14-33-24)28(41)37-11-9-36(2)10-12-37/h6-7,13-15,19H,3-5,8-12,16-17H2,1-2H3,(H2,31,35)(H,34,40). The summed E-state index contributed by atoms with van der Waals surface area (Å²) in [6.07, 6.45) is 6.33. The molecule has 13 heteroatoms. The molecule has 5 rings (SSSR count). The van der Waals surface area contributed by atoms with Gasteiger partial charge in [-0.1, -0.05) is 31.4 Å². The maximum absolute atomic E-state index is 14.5. The quantitative estimate of drug-likeness (QED) is 0.386. The number of carbonyl (C=O) groups is 2. The number of aromatic nitrogens is 4. The second kappa shape index (κ2) is 12.4. The van der Waals surface area contributed by atoms with Crippen molar-refractivity contribution in [3.63, 3.8) is 0 Å². The number of anilines is 3. The summed E-state index contributed by atoms with van der Waals surface area (Å²) >= 11 is 6.64. The summed E-state index contributed by atoms with van der Waals surface area (Å²) in [6, 6.07) is 3.29. The van der Waals surface area contributed by atoms with Gasteiger partial charge in [0.2, 0.25) is 0 Å². The van der Waals surface area contributed by atoms with Gasteiger partial charge in [0.1, 0.15) is 17.6 Å². The summed E-state index contributed by atoms with van der Waals surface area (Å²) in [4.78, 5) is 41.1.